The maximum atomic E-state index is 13.7. The summed E-state index contributed by atoms with van der Waals surface area (Å²) >= 11 is 0. The standard InChI is InChI=1S/C31H34N4O2/c1-22(2)33(19-24-12-6-4-7-13-24)30(37)21-35-28-17-11-10-16-27(28)32-31(35)26-18-29(36)34(20-26)23(3)25-14-8-5-9-15-25/h4-17,22-23,26H,18-21H2,1-3H3. The quantitative estimate of drug-likeness (QED) is 0.323. The predicted molar refractivity (Wildman–Crippen MR) is 146 cm³/mol. The van der Waals surface area contributed by atoms with Gasteiger partial charge in [-0.15, -0.1) is 0 Å². The van der Waals surface area contributed by atoms with Crippen LogP contribution in [-0.4, -0.2) is 43.8 Å². The lowest BCUT2D eigenvalue weighted by Crippen LogP contribution is -2.39. The zero-order chi connectivity index (χ0) is 25.9. The number of nitrogens with zero attached hydrogens (tertiary/aromatic N) is 4. The van der Waals surface area contributed by atoms with Gasteiger partial charge in [-0.3, -0.25) is 9.59 Å². The molecule has 190 valence electrons. The summed E-state index contributed by atoms with van der Waals surface area (Å²) in [4.78, 5) is 35.6. The van der Waals surface area contributed by atoms with E-state index in [9.17, 15) is 9.59 Å². The average molecular weight is 495 g/mol. The number of imidazole rings is 1. The van der Waals surface area contributed by atoms with Gasteiger partial charge in [-0.25, -0.2) is 4.98 Å². The molecule has 2 amide bonds. The Kier molecular flexibility index (Phi) is 7.08. The summed E-state index contributed by atoms with van der Waals surface area (Å²) in [5.41, 5.74) is 4.00. The molecule has 4 aromatic rings. The number of aromatic nitrogens is 2. The van der Waals surface area contributed by atoms with Crippen LogP contribution in [0.2, 0.25) is 0 Å². The molecule has 3 aromatic carbocycles. The van der Waals surface area contributed by atoms with Gasteiger partial charge in [0.25, 0.3) is 0 Å². The van der Waals surface area contributed by atoms with Gasteiger partial charge in [0.2, 0.25) is 11.8 Å². The Morgan fingerprint density at radius 1 is 0.946 bits per heavy atom. The topological polar surface area (TPSA) is 58.4 Å². The van der Waals surface area contributed by atoms with E-state index in [-0.39, 0.29) is 36.4 Å². The fourth-order valence-corrected chi connectivity index (χ4v) is 5.33. The molecule has 6 nitrogen and oxygen atoms in total. The first-order chi connectivity index (χ1) is 17.9. The SMILES string of the molecule is CC(C)N(Cc1ccccc1)C(=O)Cn1c(C2CC(=O)N(C(C)c3ccccc3)C2)nc2ccccc21. The van der Waals surface area contributed by atoms with Crippen molar-refractivity contribution in [3.8, 4) is 0 Å². The van der Waals surface area contributed by atoms with Crippen LogP contribution in [0.5, 0.6) is 0 Å². The molecule has 2 heterocycles. The van der Waals surface area contributed by atoms with Crippen LogP contribution in [0, 0.1) is 0 Å². The fraction of sp³-hybridized carbons (Fsp3) is 0.323. The maximum absolute atomic E-state index is 13.7. The smallest absolute Gasteiger partial charge is 0.243 e. The molecular formula is C31H34N4O2. The molecule has 1 aliphatic heterocycles. The van der Waals surface area contributed by atoms with Crippen molar-refractivity contribution < 1.29 is 9.59 Å². The summed E-state index contributed by atoms with van der Waals surface area (Å²) in [6.07, 6.45) is 0.395. The number of para-hydroxylation sites is 2. The Balaban J connectivity index is 1.43. The van der Waals surface area contributed by atoms with Crippen LogP contribution < -0.4 is 0 Å². The number of amides is 2. The van der Waals surface area contributed by atoms with Gasteiger partial charge in [-0.2, -0.15) is 0 Å². The molecule has 2 unspecified atom stereocenters. The third kappa shape index (κ3) is 5.15. The zero-order valence-corrected chi connectivity index (χ0v) is 21.7. The highest BCUT2D eigenvalue weighted by atomic mass is 16.2. The van der Waals surface area contributed by atoms with Crippen molar-refractivity contribution in [1.29, 1.82) is 0 Å². The summed E-state index contributed by atoms with van der Waals surface area (Å²) in [5.74, 6) is 0.913. The molecule has 37 heavy (non-hydrogen) atoms. The van der Waals surface area contributed by atoms with Crippen LogP contribution in [0.15, 0.2) is 84.9 Å². The first-order valence-electron chi connectivity index (χ1n) is 13.1. The molecule has 1 fully saturated rings. The molecule has 0 bridgehead atoms. The van der Waals surface area contributed by atoms with E-state index >= 15 is 0 Å². The second kappa shape index (κ2) is 10.6. The molecule has 6 heteroatoms. The number of carbonyl (C=O) groups is 2. The molecule has 0 saturated carbocycles. The van der Waals surface area contributed by atoms with Crippen molar-refractivity contribution in [2.75, 3.05) is 6.54 Å². The van der Waals surface area contributed by atoms with Crippen molar-refractivity contribution in [3.05, 3.63) is 102 Å². The van der Waals surface area contributed by atoms with Crippen molar-refractivity contribution in [2.45, 2.75) is 58.3 Å². The van der Waals surface area contributed by atoms with Gasteiger partial charge in [0.05, 0.1) is 17.1 Å². The number of rotatable bonds is 8. The van der Waals surface area contributed by atoms with Crippen molar-refractivity contribution in [2.24, 2.45) is 0 Å². The van der Waals surface area contributed by atoms with Crippen molar-refractivity contribution >= 4 is 22.8 Å². The first-order valence-corrected chi connectivity index (χ1v) is 13.1. The highest BCUT2D eigenvalue weighted by Crippen LogP contribution is 2.35. The summed E-state index contributed by atoms with van der Waals surface area (Å²) in [7, 11) is 0. The van der Waals surface area contributed by atoms with Crippen molar-refractivity contribution in [1.82, 2.24) is 19.4 Å². The molecule has 1 aliphatic rings. The second-order valence-corrected chi connectivity index (χ2v) is 10.2. The maximum Gasteiger partial charge on any atom is 0.243 e. The molecule has 1 saturated heterocycles. The third-order valence-electron chi connectivity index (χ3n) is 7.39. The van der Waals surface area contributed by atoms with Crippen LogP contribution in [0.25, 0.3) is 11.0 Å². The van der Waals surface area contributed by atoms with Gasteiger partial charge in [0.1, 0.15) is 12.4 Å². The highest BCUT2D eigenvalue weighted by molar-refractivity contribution is 5.83. The third-order valence-corrected chi connectivity index (χ3v) is 7.39. The second-order valence-electron chi connectivity index (χ2n) is 10.2. The van der Waals surface area contributed by atoms with Gasteiger partial charge < -0.3 is 14.4 Å². The van der Waals surface area contributed by atoms with E-state index in [0.717, 1.165) is 28.0 Å². The summed E-state index contributed by atoms with van der Waals surface area (Å²) in [6, 6.07) is 28.2. The lowest BCUT2D eigenvalue weighted by molar-refractivity contribution is -0.134. The Hall–Kier alpha value is -3.93. The Morgan fingerprint density at radius 2 is 1.59 bits per heavy atom. The van der Waals surface area contributed by atoms with E-state index in [2.05, 4.69) is 19.1 Å². The molecule has 2 atom stereocenters. The molecule has 0 N–H and O–H groups in total. The summed E-state index contributed by atoms with van der Waals surface area (Å²) < 4.78 is 2.03. The number of hydrogen-bond donors (Lipinski definition) is 0. The minimum absolute atomic E-state index is 0.0135. The molecule has 0 aliphatic carbocycles. The van der Waals surface area contributed by atoms with Crippen LogP contribution in [0.3, 0.4) is 0 Å². The lowest BCUT2D eigenvalue weighted by Gasteiger charge is -2.28. The van der Waals surface area contributed by atoms with Gasteiger partial charge in [0, 0.05) is 31.5 Å². The van der Waals surface area contributed by atoms with Gasteiger partial charge in [-0.05, 0) is 44.0 Å². The highest BCUT2D eigenvalue weighted by Gasteiger charge is 2.37. The Morgan fingerprint density at radius 3 is 2.30 bits per heavy atom. The normalized spacial score (nSPS) is 16.5. The van der Waals surface area contributed by atoms with E-state index < -0.39 is 0 Å². The van der Waals surface area contributed by atoms with E-state index in [1.165, 1.54) is 0 Å². The number of fused-ring (bicyclic) bond motifs is 1. The van der Waals surface area contributed by atoms with Crippen LogP contribution >= 0.6 is 0 Å². The Bertz CT molecular complexity index is 1380. The van der Waals surface area contributed by atoms with E-state index in [1.54, 1.807) is 0 Å². The van der Waals surface area contributed by atoms with E-state index in [4.69, 9.17) is 4.98 Å². The number of benzene rings is 3. The summed E-state index contributed by atoms with van der Waals surface area (Å²) in [6.45, 7) is 7.51. The van der Waals surface area contributed by atoms with E-state index in [0.29, 0.717) is 19.5 Å². The molecule has 0 radical (unpaired) electrons. The monoisotopic (exact) mass is 494 g/mol. The minimum Gasteiger partial charge on any atom is -0.335 e. The van der Waals surface area contributed by atoms with Gasteiger partial charge in [-0.1, -0.05) is 72.8 Å². The largest absolute Gasteiger partial charge is 0.335 e. The fourth-order valence-electron chi connectivity index (χ4n) is 5.33. The van der Waals surface area contributed by atoms with Crippen molar-refractivity contribution in [3.63, 3.8) is 0 Å². The van der Waals surface area contributed by atoms with Gasteiger partial charge in [0.15, 0.2) is 0 Å². The number of hydrogen-bond acceptors (Lipinski definition) is 3. The molecule has 1 aromatic heterocycles. The average Bonchev–Trinajstić information content (AvgIpc) is 3.48. The zero-order valence-electron chi connectivity index (χ0n) is 21.7. The van der Waals surface area contributed by atoms with Gasteiger partial charge >= 0.3 is 0 Å². The van der Waals surface area contributed by atoms with Crippen LogP contribution in [0.4, 0.5) is 0 Å². The minimum atomic E-state index is -0.0690. The molecular weight excluding hydrogens is 460 g/mol. The lowest BCUT2D eigenvalue weighted by atomic mass is 10.1. The predicted octanol–water partition coefficient (Wildman–Crippen LogP) is 5.55. The van der Waals surface area contributed by atoms with E-state index in [1.807, 2.05) is 101 Å². The molecule has 0 spiro atoms. The summed E-state index contributed by atoms with van der Waals surface area (Å²) in [5, 5.41) is 0. The van der Waals surface area contributed by atoms with Crippen LogP contribution in [-0.2, 0) is 22.7 Å². The number of likely N-dealkylation sites (tertiary alicyclic amines) is 1. The number of carbonyl (C=O) groups excluding carboxylic acids is 2. The van der Waals surface area contributed by atoms with Crippen LogP contribution in [0.1, 0.15) is 56.1 Å². The first kappa shape index (κ1) is 24.8. The molecule has 5 rings (SSSR count). The Labute approximate surface area is 218 Å².